The quantitative estimate of drug-likeness (QED) is 0.642. The molecule has 2 heterocycles. The second kappa shape index (κ2) is 8.52. The highest BCUT2D eigenvalue weighted by Gasteiger charge is 2.14. The summed E-state index contributed by atoms with van der Waals surface area (Å²) in [7, 11) is 0. The van der Waals surface area contributed by atoms with E-state index in [4.69, 9.17) is 11.6 Å². The van der Waals surface area contributed by atoms with Gasteiger partial charge in [-0.25, -0.2) is 0 Å². The molecule has 0 aliphatic heterocycles. The van der Waals surface area contributed by atoms with Crippen LogP contribution in [0.4, 0.5) is 0 Å². The van der Waals surface area contributed by atoms with Crippen molar-refractivity contribution in [2.24, 2.45) is 0 Å². The Hall–Kier alpha value is -2.11. The van der Waals surface area contributed by atoms with Crippen LogP contribution in [0, 0.1) is 13.8 Å². The van der Waals surface area contributed by atoms with Crippen LogP contribution in [-0.2, 0) is 17.8 Å². The molecule has 0 fully saturated rings. The van der Waals surface area contributed by atoms with E-state index < -0.39 is 0 Å². The van der Waals surface area contributed by atoms with Crippen molar-refractivity contribution in [2.75, 3.05) is 6.54 Å². The molecule has 1 aromatic carbocycles. The van der Waals surface area contributed by atoms with E-state index in [0.717, 1.165) is 17.0 Å². The molecular formula is C20H22ClN3OS. The monoisotopic (exact) mass is 387 g/mol. The predicted octanol–water partition coefficient (Wildman–Crippen LogP) is 4.63. The highest BCUT2D eigenvalue weighted by atomic mass is 35.5. The van der Waals surface area contributed by atoms with Crippen LogP contribution >= 0.6 is 22.9 Å². The largest absolute Gasteiger partial charge is 0.354 e. The topological polar surface area (TPSA) is 46.9 Å². The molecule has 0 atom stereocenters. The van der Waals surface area contributed by atoms with Crippen molar-refractivity contribution < 1.29 is 4.79 Å². The Labute approximate surface area is 162 Å². The number of benzene rings is 1. The van der Waals surface area contributed by atoms with Gasteiger partial charge in [0.25, 0.3) is 0 Å². The summed E-state index contributed by atoms with van der Waals surface area (Å²) in [4.78, 5) is 13.3. The van der Waals surface area contributed by atoms with Gasteiger partial charge in [0.15, 0.2) is 0 Å². The Kier molecular flexibility index (Phi) is 6.12. The molecule has 3 aromatic rings. The van der Waals surface area contributed by atoms with Gasteiger partial charge >= 0.3 is 0 Å². The first kappa shape index (κ1) is 18.7. The zero-order chi connectivity index (χ0) is 18.5. The number of nitrogens with zero attached hydrogens (tertiary/aromatic N) is 2. The molecule has 0 saturated heterocycles. The van der Waals surface area contributed by atoms with Crippen molar-refractivity contribution in [3.63, 3.8) is 0 Å². The minimum absolute atomic E-state index is 0.0463. The molecule has 0 bridgehead atoms. The van der Waals surface area contributed by atoms with Crippen LogP contribution in [0.2, 0.25) is 5.02 Å². The summed E-state index contributed by atoms with van der Waals surface area (Å²) < 4.78 is 1.97. The van der Waals surface area contributed by atoms with E-state index in [0.29, 0.717) is 31.0 Å². The summed E-state index contributed by atoms with van der Waals surface area (Å²) in [5.41, 5.74) is 4.44. The summed E-state index contributed by atoms with van der Waals surface area (Å²) >= 11 is 7.69. The maximum absolute atomic E-state index is 12.1. The minimum atomic E-state index is 0.0463. The van der Waals surface area contributed by atoms with Crippen molar-refractivity contribution in [1.29, 1.82) is 0 Å². The summed E-state index contributed by atoms with van der Waals surface area (Å²) in [5.74, 6) is 0.0463. The third-order valence-corrected chi connectivity index (χ3v) is 5.45. The first-order valence-electron chi connectivity index (χ1n) is 8.63. The van der Waals surface area contributed by atoms with Crippen molar-refractivity contribution >= 4 is 28.8 Å². The van der Waals surface area contributed by atoms with Crippen LogP contribution in [0.3, 0.4) is 0 Å². The highest BCUT2D eigenvalue weighted by molar-refractivity contribution is 7.13. The highest BCUT2D eigenvalue weighted by Crippen LogP contribution is 2.30. The van der Waals surface area contributed by atoms with Crippen molar-refractivity contribution in [3.05, 3.63) is 63.8 Å². The SMILES string of the molecule is Cc1nn(CCNC(=O)CCc2cccc(Cl)c2)c(C)c1-c1cccs1. The molecule has 26 heavy (non-hydrogen) atoms. The lowest BCUT2D eigenvalue weighted by atomic mass is 10.1. The van der Waals surface area contributed by atoms with Crippen LogP contribution in [-0.4, -0.2) is 22.2 Å². The number of amides is 1. The molecule has 6 heteroatoms. The summed E-state index contributed by atoms with van der Waals surface area (Å²) in [6.07, 6.45) is 1.15. The molecule has 0 saturated carbocycles. The third kappa shape index (κ3) is 4.54. The summed E-state index contributed by atoms with van der Waals surface area (Å²) in [6.45, 7) is 5.35. The Morgan fingerprint density at radius 1 is 1.27 bits per heavy atom. The van der Waals surface area contributed by atoms with Crippen LogP contribution in [0.25, 0.3) is 10.4 Å². The standard InChI is InChI=1S/C20H22ClN3OS/c1-14-20(18-7-4-12-26-18)15(2)24(23-14)11-10-22-19(25)9-8-16-5-3-6-17(21)13-16/h3-7,12-13H,8-11H2,1-2H3,(H,22,25). The lowest BCUT2D eigenvalue weighted by Crippen LogP contribution is -2.28. The summed E-state index contributed by atoms with van der Waals surface area (Å²) in [6, 6.07) is 11.8. The Balaban J connectivity index is 1.50. The number of hydrogen-bond donors (Lipinski definition) is 1. The van der Waals surface area contributed by atoms with Gasteiger partial charge in [0.2, 0.25) is 5.91 Å². The average molecular weight is 388 g/mol. The molecule has 0 aliphatic carbocycles. The van der Waals surface area contributed by atoms with Gasteiger partial charge in [-0.2, -0.15) is 5.10 Å². The van der Waals surface area contributed by atoms with Gasteiger partial charge in [-0.15, -0.1) is 11.3 Å². The van der Waals surface area contributed by atoms with Gasteiger partial charge in [-0.3, -0.25) is 9.48 Å². The van der Waals surface area contributed by atoms with E-state index in [1.807, 2.05) is 35.9 Å². The minimum Gasteiger partial charge on any atom is -0.354 e. The summed E-state index contributed by atoms with van der Waals surface area (Å²) in [5, 5.41) is 10.4. The molecule has 0 spiro atoms. The fourth-order valence-electron chi connectivity index (χ4n) is 3.03. The maximum atomic E-state index is 12.1. The van der Waals surface area contributed by atoms with E-state index in [1.54, 1.807) is 11.3 Å². The first-order valence-corrected chi connectivity index (χ1v) is 9.89. The molecule has 0 aliphatic rings. The second-order valence-corrected chi connectivity index (χ2v) is 7.61. The van der Waals surface area contributed by atoms with E-state index in [1.165, 1.54) is 10.4 Å². The van der Waals surface area contributed by atoms with Crippen LogP contribution in [0.1, 0.15) is 23.4 Å². The van der Waals surface area contributed by atoms with Gasteiger partial charge < -0.3 is 5.32 Å². The fraction of sp³-hybridized carbons (Fsp3) is 0.300. The number of nitrogens with one attached hydrogen (secondary N) is 1. The van der Waals surface area contributed by atoms with Crippen molar-refractivity contribution in [3.8, 4) is 10.4 Å². The van der Waals surface area contributed by atoms with Gasteiger partial charge in [0.1, 0.15) is 0 Å². The number of rotatable bonds is 7. The molecule has 136 valence electrons. The molecule has 0 radical (unpaired) electrons. The molecular weight excluding hydrogens is 366 g/mol. The Morgan fingerprint density at radius 2 is 2.12 bits per heavy atom. The normalized spacial score (nSPS) is 10.9. The number of thiophene rings is 1. The van der Waals surface area contributed by atoms with Crippen LogP contribution < -0.4 is 5.32 Å². The third-order valence-electron chi connectivity index (χ3n) is 4.32. The lowest BCUT2D eigenvalue weighted by molar-refractivity contribution is -0.121. The van der Waals surface area contributed by atoms with E-state index >= 15 is 0 Å². The van der Waals surface area contributed by atoms with E-state index in [-0.39, 0.29) is 5.91 Å². The number of halogens is 1. The zero-order valence-electron chi connectivity index (χ0n) is 15.0. The van der Waals surface area contributed by atoms with E-state index in [9.17, 15) is 4.79 Å². The second-order valence-electron chi connectivity index (χ2n) is 6.23. The zero-order valence-corrected chi connectivity index (χ0v) is 16.5. The molecule has 4 nitrogen and oxygen atoms in total. The molecule has 1 N–H and O–H groups in total. The fourth-order valence-corrected chi connectivity index (χ4v) is 4.12. The predicted molar refractivity (Wildman–Crippen MR) is 108 cm³/mol. The first-order chi connectivity index (χ1) is 12.5. The number of aromatic nitrogens is 2. The molecule has 2 aromatic heterocycles. The van der Waals surface area contributed by atoms with Crippen LogP contribution in [0.15, 0.2) is 41.8 Å². The van der Waals surface area contributed by atoms with Gasteiger partial charge in [0, 0.05) is 34.1 Å². The van der Waals surface area contributed by atoms with Crippen molar-refractivity contribution in [1.82, 2.24) is 15.1 Å². The smallest absolute Gasteiger partial charge is 0.220 e. The van der Waals surface area contributed by atoms with Crippen LogP contribution in [0.5, 0.6) is 0 Å². The van der Waals surface area contributed by atoms with Gasteiger partial charge in [-0.05, 0) is 49.4 Å². The lowest BCUT2D eigenvalue weighted by Gasteiger charge is -2.08. The number of aryl methyl sites for hydroxylation is 2. The number of carbonyl (C=O) groups excluding carboxylic acids is 1. The molecule has 0 unspecified atom stereocenters. The molecule has 3 rings (SSSR count). The molecule has 1 amide bonds. The Bertz CT molecular complexity index is 887. The average Bonchev–Trinajstić information content (AvgIpc) is 3.21. The van der Waals surface area contributed by atoms with Gasteiger partial charge in [-0.1, -0.05) is 29.8 Å². The van der Waals surface area contributed by atoms with E-state index in [2.05, 4.69) is 34.9 Å². The maximum Gasteiger partial charge on any atom is 0.220 e. The van der Waals surface area contributed by atoms with Crippen molar-refractivity contribution in [2.45, 2.75) is 33.2 Å². The number of carbonyl (C=O) groups is 1. The Morgan fingerprint density at radius 3 is 2.85 bits per heavy atom. The number of hydrogen-bond acceptors (Lipinski definition) is 3. The van der Waals surface area contributed by atoms with Gasteiger partial charge in [0.05, 0.1) is 12.2 Å².